The summed E-state index contributed by atoms with van der Waals surface area (Å²) in [5.74, 6) is -1.10. The first-order valence-corrected chi connectivity index (χ1v) is 16.8. The van der Waals surface area contributed by atoms with E-state index in [1.54, 1.807) is 26.8 Å². The Morgan fingerprint density at radius 1 is 0.957 bits per heavy atom. The molecule has 3 aliphatic rings. The third-order valence-corrected chi connectivity index (χ3v) is 9.38. The maximum Gasteiger partial charge on any atom is 0.409 e. The highest BCUT2D eigenvalue weighted by molar-refractivity contribution is 6.32. The summed E-state index contributed by atoms with van der Waals surface area (Å²) in [6.07, 6.45) is 5.70. The summed E-state index contributed by atoms with van der Waals surface area (Å²) in [6.45, 7) is 5.43. The van der Waals surface area contributed by atoms with Gasteiger partial charge in [0.05, 0.1) is 18.7 Å². The Labute approximate surface area is 279 Å². The van der Waals surface area contributed by atoms with Gasteiger partial charge in [0.1, 0.15) is 17.5 Å². The minimum Gasteiger partial charge on any atom is -0.483 e. The van der Waals surface area contributed by atoms with E-state index >= 15 is 0 Å². The number of ether oxygens (including phenoxy) is 2. The largest absolute Gasteiger partial charge is 0.483 e. The molecule has 2 saturated heterocycles. The summed E-state index contributed by atoms with van der Waals surface area (Å²) in [5, 5.41) is 6.67. The quantitative estimate of drug-likeness (QED) is 0.347. The first-order valence-electron chi connectivity index (χ1n) is 16.5. The van der Waals surface area contributed by atoms with Crippen molar-refractivity contribution >= 4 is 52.2 Å². The fraction of sp³-hybridized carbons (Fsp3) is 0.576. The minimum absolute atomic E-state index is 0.00745. The van der Waals surface area contributed by atoms with Gasteiger partial charge < -0.3 is 34.8 Å². The van der Waals surface area contributed by atoms with Crippen molar-refractivity contribution in [2.24, 2.45) is 0 Å². The fourth-order valence-corrected chi connectivity index (χ4v) is 6.02. The lowest BCUT2D eigenvalue weighted by Gasteiger charge is -2.34. The lowest BCUT2D eigenvalue weighted by molar-refractivity contribution is -0.140. The summed E-state index contributed by atoms with van der Waals surface area (Å²) in [5.41, 5.74) is 1.19. The number of fused-ring (bicyclic) bond motifs is 1. The summed E-state index contributed by atoms with van der Waals surface area (Å²) in [4.78, 5) is 73.6. The van der Waals surface area contributed by atoms with Gasteiger partial charge in [0.25, 0.3) is 11.8 Å². The first-order chi connectivity index (χ1) is 22.6. The molecule has 0 radical (unpaired) electrons. The number of halogens is 1. The molecule has 1 aliphatic carbocycles. The number of nitrogens with zero attached hydrogens (tertiary/aromatic N) is 4. The Morgan fingerprint density at radius 2 is 1.70 bits per heavy atom. The number of amides is 5. The van der Waals surface area contributed by atoms with Crippen LogP contribution in [0.4, 0.5) is 4.79 Å². The van der Waals surface area contributed by atoms with Crippen LogP contribution in [0.1, 0.15) is 67.9 Å². The SMILES string of the molecule is CCCCOC(=O)N1CCN(C(=O)CNC(=O)c2cc(OCC(=O)N3CCCC3C(=O)NC3CCC3)c3cc(Cl)c(C)cc3n2)CC1. The van der Waals surface area contributed by atoms with Crippen molar-refractivity contribution in [3.8, 4) is 5.75 Å². The molecule has 2 aromatic rings. The molecule has 2 aliphatic heterocycles. The van der Waals surface area contributed by atoms with Gasteiger partial charge in [0.2, 0.25) is 11.8 Å². The number of hydrogen-bond acceptors (Lipinski definition) is 8. The number of aromatic nitrogens is 1. The molecule has 14 heteroatoms. The molecule has 13 nitrogen and oxygen atoms in total. The highest BCUT2D eigenvalue weighted by Crippen LogP contribution is 2.31. The number of carbonyl (C=O) groups is 5. The molecule has 3 fully saturated rings. The Bertz CT molecular complexity index is 1510. The number of piperazine rings is 1. The van der Waals surface area contributed by atoms with E-state index in [4.69, 9.17) is 21.1 Å². The molecule has 5 rings (SSSR count). The Balaban J connectivity index is 1.20. The van der Waals surface area contributed by atoms with Crippen LogP contribution < -0.4 is 15.4 Å². The smallest absolute Gasteiger partial charge is 0.409 e. The van der Waals surface area contributed by atoms with Crippen LogP contribution in [-0.4, -0.2) is 114 Å². The Hall–Kier alpha value is -4.13. The minimum atomic E-state index is -0.588. The highest BCUT2D eigenvalue weighted by atomic mass is 35.5. The summed E-state index contributed by atoms with van der Waals surface area (Å²) in [7, 11) is 0. The molecule has 2 N–H and O–H groups in total. The number of pyridine rings is 1. The van der Waals surface area contributed by atoms with E-state index in [0.717, 1.165) is 44.1 Å². The van der Waals surface area contributed by atoms with E-state index in [9.17, 15) is 24.0 Å². The van der Waals surface area contributed by atoms with E-state index in [1.807, 2.05) is 13.8 Å². The molecule has 5 amide bonds. The molecule has 0 spiro atoms. The van der Waals surface area contributed by atoms with Gasteiger partial charge in [-0.15, -0.1) is 0 Å². The fourth-order valence-electron chi connectivity index (χ4n) is 5.86. The molecule has 0 bridgehead atoms. The second kappa shape index (κ2) is 15.6. The van der Waals surface area contributed by atoms with Crippen LogP contribution >= 0.6 is 11.6 Å². The van der Waals surface area contributed by atoms with Gasteiger partial charge in [0, 0.05) is 55.2 Å². The van der Waals surface area contributed by atoms with E-state index < -0.39 is 11.9 Å². The van der Waals surface area contributed by atoms with Crippen molar-refractivity contribution in [1.82, 2.24) is 30.3 Å². The van der Waals surface area contributed by atoms with Gasteiger partial charge in [-0.25, -0.2) is 9.78 Å². The predicted molar refractivity (Wildman–Crippen MR) is 174 cm³/mol. The molecule has 47 heavy (non-hydrogen) atoms. The molecule has 1 aromatic heterocycles. The van der Waals surface area contributed by atoms with Crippen molar-refractivity contribution in [1.29, 1.82) is 0 Å². The molecular formula is C33H43ClN6O7. The van der Waals surface area contributed by atoms with E-state index in [0.29, 0.717) is 61.7 Å². The molecular weight excluding hydrogens is 628 g/mol. The van der Waals surface area contributed by atoms with Crippen LogP contribution in [0.3, 0.4) is 0 Å². The summed E-state index contributed by atoms with van der Waals surface area (Å²) in [6, 6.07) is 4.48. The standard InChI is InChI=1S/C33H43ClN6O7/c1-3-4-15-46-33(45)39-13-11-38(12-14-39)29(41)19-35-31(43)26-18-28(23-17-24(34)21(2)16-25(23)37-26)47-20-30(42)40-10-6-9-27(40)32(44)36-22-7-5-8-22/h16-18,22,27H,3-15,19-20H2,1-2H3,(H,35,43)(H,36,44). The summed E-state index contributed by atoms with van der Waals surface area (Å²) < 4.78 is 11.2. The second-order valence-corrected chi connectivity index (χ2v) is 12.7. The molecule has 3 heterocycles. The third-order valence-electron chi connectivity index (χ3n) is 8.98. The number of unbranched alkanes of at least 4 members (excludes halogenated alkanes) is 1. The number of hydrogen-bond donors (Lipinski definition) is 2. The average Bonchev–Trinajstić information content (AvgIpc) is 3.55. The van der Waals surface area contributed by atoms with Crippen molar-refractivity contribution in [2.45, 2.75) is 70.9 Å². The number of aryl methyl sites for hydroxylation is 1. The van der Waals surface area contributed by atoms with Gasteiger partial charge in [0.15, 0.2) is 6.61 Å². The monoisotopic (exact) mass is 670 g/mol. The van der Waals surface area contributed by atoms with Gasteiger partial charge >= 0.3 is 6.09 Å². The maximum atomic E-state index is 13.3. The average molecular weight is 671 g/mol. The van der Waals surface area contributed by atoms with Crippen LogP contribution in [0.25, 0.3) is 10.9 Å². The number of likely N-dealkylation sites (tertiary alicyclic amines) is 1. The number of benzene rings is 1. The first kappa shape index (κ1) is 34.2. The number of carbonyl (C=O) groups excluding carboxylic acids is 5. The van der Waals surface area contributed by atoms with Crippen molar-refractivity contribution in [3.63, 3.8) is 0 Å². The molecule has 1 aromatic carbocycles. The zero-order valence-electron chi connectivity index (χ0n) is 27.0. The number of rotatable bonds is 11. The maximum absolute atomic E-state index is 13.3. The lowest BCUT2D eigenvalue weighted by Crippen LogP contribution is -2.52. The molecule has 1 unspecified atom stereocenters. The van der Waals surface area contributed by atoms with Crippen LogP contribution in [0.5, 0.6) is 5.75 Å². The molecule has 254 valence electrons. The van der Waals surface area contributed by atoms with E-state index in [1.165, 1.54) is 6.07 Å². The van der Waals surface area contributed by atoms with Crippen LogP contribution in [0.2, 0.25) is 5.02 Å². The Morgan fingerprint density at radius 3 is 2.40 bits per heavy atom. The highest BCUT2D eigenvalue weighted by Gasteiger charge is 2.36. The van der Waals surface area contributed by atoms with Gasteiger partial charge in [-0.1, -0.05) is 24.9 Å². The van der Waals surface area contributed by atoms with Crippen LogP contribution in [0, 0.1) is 6.92 Å². The molecule has 1 saturated carbocycles. The van der Waals surface area contributed by atoms with Crippen molar-refractivity contribution < 1.29 is 33.4 Å². The van der Waals surface area contributed by atoms with Crippen molar-refractivity contribution in [2.75, 3.05) is 52.5 Å². The van der Waals surface area contributed by atoms with Crippen LogP contribution in [-0.2, 0) is 19.1 Å². The van der Waals surface area contributed by atoms with Crippen molar-refractivity contribution in [3.05, 3.63) is 34.5 Å². The predicted octanol–water partition coefficient (Wildman–Crippen LogP) is 3.05. The molecule has 1 atom stereocenters. The zero-order chi connectivity index (χ0) is 33.5. The summed E-state index contributed by atoms with van der Waals surface area (Å²) >= 11 is 6.40. The van der Waals surface area contributed by atoms with Crippen LogP contribution in [0.15, 0.2) is 18.2 Å². The topological polar surface area (TPSA) is 150 Å². The lowest BCUT2D eigenvalue weighted by atomic mass is 9.93. The van der Waals surface area contributed by atoms with Gasteiger partial charge in [-0.3, -0.25) is 19.2 Å². The Kier molecular flexibility index (Phi) is 11.4. The van der Waals surface area contributed by atoms with Gasteiger partial charge in [-0.2, -0.15) is 0 Å². The van der Waals surface area contributed by atoms with Gasteiger partial charge in [-0.05, 0) is 63.1 Å². The third kappa shape index (κ3) is 8.43. The zero-order valence-corrected chi connectivity index (χ0v) is 27.8. The normalized spacial score (nSPS) is 18.1. The number of nitrogens with one attached hydrogen (secondary N) is 2. The second-order valence-electron chi connectivity index (χ2n) is 12.3. The van der Waals surface area contributed by atoms with E-state index in [2.05, 4.69) is 15.6 Å². The van der Waals surface area contributed by atoms with E-state index in [-0.39, 0.29) is 54.5 Å².